The van der Waals surface area contributed by atoms with Crippen LogP contribution in [0.3, 0.4) is 0 Å². The van der Waals surface area contributed by atoms with Gasteiger partial charge in [-0.25, -0.2) is 0 Å². The minimum atomic E-state index is -0.0902. The fourth-order valence-electron chi connectivity index (χ4n) is 2.08. The van der Waals surface area contributed by atoms with Crippen LogP contribution in [0.15, 0.2) is 18.2 Å². The molecule has 0 aliphatic carbocycles. The molecule has 0 saturated heterocycles. The fraction of sp³-hybridized carbons (Fsp3) is 0.500. The van der Waals surface area contributed by atoms with Gasteiger partial charge in [0, 0.05) is 12.6 Å². The van der Waals surface area contributed by atoms with Gasteiger partial charge in [0.25, 0.3) is 5.91 Å². The van der Waals surface area contributed by atoms with Crippen molar-refractivity contribution in [2.24, 2.45) is 0 Å². The molecule has 1 aliphatic heterocycles. The van der Waals surface area contributed by atoms with Gasteiger partial charge in [-0.2, -0.15) is 0 Å². The normalized spacial score (nSPS) is 14.1. The summed E-state index contributed by atoms with van der Waals surface area (Å²) in [5.41, 5.74) is 1.93. The standard InChI is InChI=1S/C14H20N2O2/c1-3-11(4-2)15-8-10-5-6-13-12(7-10)16-14(17)9-18-13/h5-7,11,15H,3-4,8-9H2,1-2H3,(H,16,17). The Kier molecular flexibility index (Phi) is 4.20. The van der Waals surface area contributed by atoms with Crippen LogP contribution in [-0.4, -0.2) is 18.6 Å². The third-order valence-corrected chi connectivity index (χ3v) is 3.26. The van der Waals surface area contributed by atoms with Crippen molar-refractivity contribution in [1.29, 1.82) is 0 Å². The first-order chi connectivity index (χ1) is 8.72. The van der Waals surface area contributed by atoms with Crippen molar-refractivity contribution in [2.75, 3.05) is 11.9 Å². The molecule has 4 heteroatoms. The topological polar surface area (TPSA) is 50.4 Å². The Morgan fingerprint density at radius 3 is 2.89 bits per heavy atom. The van der Waals surface area contributed by atoms with Crippen LogP contribution in [0.1, 0.15) is 32.3 Å². The Bertz CT molecular complexity index is 428. The molecule has 0 spiro atoms. The van der Waals surface area contributed by atoms with E-state index in [1.807, 2.05) is 18.2 Å². The lowest BCUT2D eigenvalue weighted by atomic mass is 10.1. The van der Waals surface area contributed by atoms with Gasteiger partial charge in [0.1, 0.15) is 5.75 Å². The van der Waals surface area contributed by atoms with Crippen LogP contribution in [0.4, 0.5) is 5.69 Å². The number of hydrogen-bond donors (Lipinski definition) is 2. The van der Waals surface area contributed by atoms with E-state index < -0.39 is 0 Å². The molecule has 0 atom stereocenters. The van der Waals surface area contributed by atoms with E-state index in [2.05, 4.69) is 24.5 Å². The molecule has 2 N–H and O–H groups in total. The lowest BCUT2D eigenvalue weighted by Crippen LogP contribution is -2.28. The molecule has 1 heterocycles. The summed E-state index contributed by atoms with van der Waals surface area (Å²) in [6, 6.07) is 6.47. The van der Waals surface area contributed by atoms with Crippen molar-refractivity contribution in [2.45, 2.75) is 39.3 Å². The Morgan fingerprint density at radius 2 is 2.17 bits per heavy atom. The molecule has 0 aromatic heterocycles. The molecule has 18 heavy (non-hydrogen) atoms. The van der Waals surface area contributed by atoms with Gasteiger partial charge < -0.3 is 15.4 Å². The van der Waals surface area contributed by atoms with Gasteiger partial charge in [0.2, 0.25) is 0 Å². The molecule has 0 saturated carbocycles. The number of ether oxygens (including phenoxy) is 1. The summed E-state index contributed by atoms with van der Waals surface area (Å²) < 4.78 is 5.33. The SMILES string of the molecule is CCC(CC)NCc1ccc2c(c1)NC(=O)CO2. The van der Waals surface area contributed by atoms with Gasteiger partial charge >= 0.3 is 0 Å². The Morgan fingerprint density at radius 1 is 1.39 bits per heavy atom. The molecular weight excluding hydrogens is 228 g/mol. The summed E-state index contributed by atoms with van der Waals surface area (Å²) in [5.74, 6) is 0.661. The fourth-order valence-corrected chi connectivity index (χ4v) is 2.08. The molecule has 0 unspecified atom stereocenters. The number of carbonyl (C=O) groups excluding carboxylic acids is 1. The number of carbonyl (C=O) groups is 1. The number of anilines is 1. The third kappa shape index (κ3) is 3.01. The minimum absolute atomic E-state index is 0.0902. The largest absolute Gasteiger partial charge is 0.482 e. The summed E-state index contributed by atoms with van der Waals surface area (Å²) in [5, 5.41) is 6.32. The van der Waals surface area contributed by atoms with E-state index in [9.17, 15) is 4.79 Å². The van der Waals surface area contributed by atoms with Crippen LogP contribution in [-0.2, 0) is 11.3 Å². The summed E-state index contributed by atoms with van der Waals surface area (Å²) in [7, 11) is 0. The minimum Gasteiger partial charge on any atom is -0.482 e. The number of nitrogens with one attached hydrogen (secondary N) is 2. The van der Waals surface area contributed by atoms with E-state index in [4.69, 9.17) is 4.74 Å². The number of fused-ring (bicyclic) bond motifs is 1. The lowest BCUT2D eigenvalue weighted by Gasteiger charge is -2.19. The van der Waals surface area contributed by atoms with Crippen LogP contribution < -0.4 is 15.4 Å². The van der Waals surface area contributed by atoms with Crippen LogP contribution in [0.2, 0.25) is 0 Å². The molecule has 1 amide bonds. The second kappa shape index (κ2) is 5.87. The first-order valence-corrected chi connectivity index (χ1v) is 6.52. The predicted molar refractivity (Wildman–Crippen MR) is 71.8 cm³/mol. The Balaban J connectivity index is 2.02. The van der Waals surface area contributed by atoms with Gasteiger partial charge in [-0.3, -0.25) is 4.79 Å². The van der Waals surface area contributed by atoms with Crippen molar-refractivity contribution in [3.8, 4) is 5.75 Å². The van der Waals surface area contributed by atoms with Gasteiger partial charge in [0.05, 0.1) is 5.69 Å². The summed E-state index contributed by atoms with van der Waals surface area (Å²) in [4.78, 5) is 11.2. The maximum atomic E-state index is 11.2. The van der Waals surface area contributed by atoms with Crippen molar-refractivity contribution < 1.29 is 9.53 Å². The molecule has 0 fully saturated rings. The second-order valence-electron chi connectivity index (χ2n) is 4.56. The molecule has 4 nitrogen and oxygen atoms in total. The molecule has 0 bridgehead atoms. The molecule has 2 rings (SSSR count). The zero-order valence-electron chi connectivity index (χ0n) is 11.0. The third-order valence-electron chi connectivity index (χ3n) is 3.26. The zero-order chi connectivity index (χ0) is 13.0. The second-order valence-corrected chi connectivity index (χ2v) is 4.56. The number of benzene rings is 1. The summed E-state index contributed by atoms with van der Waals surface area (Å²) in [6.07, 6.45) is 2.25. The predicted octanol–water partition coefficient (Wildman–Crippen LogP) is 2.30. The maximum Gasteiger partial charge on any atom is 0.262 e. The monoisotopic (exact) mass is 248 g/mol. The average molecular weight is 248 g/mol. The Hall–Kier alpha value is -1.55. The number of rotatable bonds is 5. The molecular formula is C14H20N2O2. The number of hydrogen-bond acceptors (Lipinski definition) is 3. The van der Waals surface area contributed by atoms with Crippen molar-refractivity contribution in [3.05, 3.63) is 23.8 Å². The maximum absolute atomic E-state index is 11.2. The van der Waals surface area contributed by atoms with E-state index in [0.717, 1.165) is 36.4 Å². The van der Waals surface area contributed by atoms with Gasteiger partial charge in [-0.05, 0) is 30.5 Å². The number of amides is 1. The van der Waals surface area contributed by atoms with Crippen molar-refractivity contribution >= 4 is 11.6 Å². The highest BCUT2D eigenvalue weighted by Crippen LogP contribution is 2.28. The Labute approximate surface area is 108 Å². The van der Waals surface area contributed by atoms with E-state index in [-0.39, 0.29) is 12.5 Å². The van der Waals surface area contributed by atoms with Gasteiger partial charge in [-0.1, -0.05) is 19.9 Å². The highest BCUT2D eigenvalue weighted by molar-refractivity contribution is 5.95. The summed E-state index contributed by atoms with van der Waals surface area (Å²) >= 11 is 0. The first-order valence-electron chi connectivity index (χ1n) is 6.52. The van der Waals surface area contributed by atoms with Gasteiger partial charge in [0.15, 0.2) is 6.61 Å². The van der Waals surface area contributed by atoms with Crippen molar-refractivity contribution in [3.63, 3.8) is 0 Å². The van der Waals surface area contributed by atoms with E-state index in [0.29, 0.717) is 6.04 Å². The van der Waals surface area contributed by atoms with Crippen LogP contribution in [0, 0.1) is 0 Å². The molecule has 1 aromatic carbocycles. The van der Waals surface area contributed by atoms with Crippen molar-refractivity contribution in [1.82, 2.24) is 5.32 Å². The first kappa shape index (κ1) is 12.9. The molecule has 98 valence electrons. The van der Waals surface area contributed by atoms with E-state index in [1.165, 1.54) is 0 Å². The lowest BCUT2D eigenvalue weighted by molar-refractivity contribution is -0.118. The summed E-state index contributed by atoms with van der Waals surface area (Å²) in [6.45, 7) is 5.29. The molecule has 1 aromatic rings. The highest BCUT2D eigenvalue weighted by atomic mass is 16.5. The average Bonchev–Trinajstić information content (AvgIpc) is 2.39. The molecule has 1 aliphatic rings. The quantitative estimate of drug-likeness (QED) is 0.840. The molecule has 0 radical (unpaired) electrons. The van der Waals surface area contributed by atoms with Gasteiger partial charge in [-0.15, -0.1) is 0 Å². The van der Waals surface area contributed by atoms with E-state index >= 15 is 0 Å². The smallest absolute Gasteiger partial charge is 0.262 e. The van der Waals surface area contributed by atoms with Crippen LogP contribution in [0.25, 0.3) is 0 Å². The zero-order valence-corrected chi connectivity index (χ0v) is 11.0. The highest BCUT2D eigenvalue weighted by Gasteiger charge is 2.15. The van der Waals surface area contributed by atoms with Crippen LogP contribution >= 0.6 is 0 Å². The van der Waals surface area contributed by atoms with Crippen LogP contribution in [0.5, 0.6) is 5.75 Å². The van der Waals surface area contributed by atoms with E-state index in [1.54, 1.807) is 0 Å².